The summed E-state index contributed by atoms with van der Waals surface area (Å²) in [5, 5.41) is 4.93. The first-order valence-electron chi connectivity index (χ1n) is 8.02. The third kappa shape index (κ3) is 2.77. The number of fused-ring (bicyclic) bond motifs is 1. The maximum atomic E-state index is 4.63. The van der Waals surface area contributed by atoms with Gasteiger partial charge in [-0.3, -0.25) is 0 Å². The predicted molar refractivity (Wildman–Crippen MR) is 88.2 cm³/mol. The van der Waals surface area contributed by atoms with Gasteiger partial charge in [0, 0.05) is 30.1 Å². The first-order valence-corrected chi connectivity index (χ1v) is 8.84. The van der Waals surface area contributed by atoms with Crippen LogP contribution >= 0.6 is 11.3 Å². The third-order valence-corrected chi connectivity index (χ3v) is 5.51. The Morgan fingerprint density at radius 2 is 2.19 bits per heavy atom. The van der Waals surface area contributed by atoms with Crippen LogP contribution in [0.15, 0.2) is 12.4 Å². The van der Waals surface area contributed by atoms with E-state index in [0.29, 0.717) is 6.04 Å². The van der Waals surface area contributed by atoms with Crippen molar-refractivity contribution < 1.29 is 0 Å². The molecular formula is C16H22N4S. The highest BCUT2D eigenvalue weighted by Crippen LogP contribution is 2.33. The Balaban J connectivity index is 1.63. The van der Waals surface area contributed by atoms with Crippen molar-refractivity contribution in [2.45, 2.75) is 51.1 Å². The molecule has 1 unspecified atom stereocenters. The normalized spacial score (nSPS) is 22.9. The van der Waals surface area contributed by atoms with Crippen LogP contribution in [0, 0.1) is 6.92 Å². The van der Waals surface area contributed by atoms with Gasteiger partial charge >= 0.3 is 0 Å². The number of aromatic nitrogens is 2. The summed E-state index contributed by atoms with van der Waals surface area (Å²) in [5.41, 5.74) is 0. The number of nitrogens with one attached hydrogen (secondary N) is 1. The topological polar surface area (TPSA) is 41.0 Å². The molecule has 1 aliphatic heterocycles. The van der Waals surface area contributed by atoms with E-state index < -0.39 is 0 Å². The van der Waals surface area contributed by atoms with Crippen LogP contribution in [-0.4, -0.2) is 35.1 Å². The van der Waals surface area contributed by atoms with Crippen LogP contribution in [0.5, 0.6) is 0 Å². The fourth-order valence-corrected chi connectivity index (χ4v) is 4.12. The van der Waals surface area contributed by atoms with Crippen LogP contribution in [0.3, 0.4) is 0 Å². The van der Waals surface area contributed by atoms with Crippen molar-refractivity contribution in [1.82, 2.24) is 15.3 Å². The quantitative estimate of drug-likeness (QED) is 0.942. The van der Waals surface area contributed by atoms with Gasteiger partial charge in [0.15, 0.2) is 0 Å². The Morgan fingerprint density at radius 3 is 3.05 bits per heavy atom. The number of thiophene rings is 1. The van der Waals surface area contributed by atoms with Gasteiger partial charge in [0.2, 0.25) is 0 Å². The summed E-state index contributed by atoms with van der Waals surface area (Å²) < 4.78 is 0. The van der Waals surface area contributed by atoms with E-state index in [0.717, 1.165) is 29.8 Å². The van der Waals surface area contributed by atoms with E-state index >= 15 is 0 Å². The zero-order chi connectivity index (χ0) is 14.2. The van der Waals surface area contributed by atoms with Gasteiger partial charge in [0.1, 0.15) is 17.0 Å². The van der Waals surface area contributed by atoms with Gasteiger partial charge < -0.3 is 10.2 Å². The van der Waals surface area contributed by atoms with Crippen molar-refractivity contribution in [3.8, 4) is 0 Å². The lowest BCUT2D eigenvalue weighted by Gasteiger charge is -2.37. The fourth-order valence-electron chi connectivity index (χ4n) is 3.27. The zero-order valence-corrected chi connectivity index (χ0v) is 13.3. The zero-order valence-electron chi connectivity index (χ0n) is 12.5. The summed E-state index contributed by atoms with van der Waals surface area (Å²) in [6.45, 7) is 4.37. The van der Waals surface area contributed by atoms with Crippen LogP contribution in [0.1, 0.15) is 37.0 Å². The van der Waals surface area contributed by atoms with E-state index in [4.69, 9.17) is 0 Å². The van der Waals surface area contributed by atoms with Crippen LogP contribution in [0.2, 0.25) is 0 Å². The highest BCUT2D eigenvalue weighted by molar-refractivity contribution is 7.18. The summed E-state index contributed by atoms with van der Waals surface area (Å²) in [5.74, 6) is 1.15. The summed E-state index contributed by atoms with van der Waals surface area (Å²) >= 11 is 1.77. The molecule has 2 aromatic rings. The standard InChI is InChI=1S/C16H22N4S/c1-11-8-14-15(18-10-19-16(14)21-11)20-7-3-2-4-13(20)9-17-12-5-6-12/h8,10,12-13,17H,2-7,9H2,1H3. The van der Waals surface area contributed by atoms with Gasteiger partial charge in [-0.2, -0.15) is 0 Å². The van der Waals surface area contributed by atoms with E-state index in [1.807, 2.05) is 0 Å². The molecule has 0 bridgehead atoms. The van der Waals surface area contributed by atoms with Crippen LogP contribution in [-0.2, 0) is 0 Å². The van der Waals surface area contributed by atoms with Crippen molar-refractivity contribution >= 4 is 27.4 Å². The average Bonchev–Trinajstić information content (AvgIpc) is 3.24. The van der Waals surface area contributed by atoms with E-state index in [-0.39, 0.29) is 0 Å². The van der Waals surface area contributed by atoms with Gasteiger partial charge in [-0.1, -0.05) is 0 Å². The summed E-state index contributed by atoms with van der Waals surface area (Å²) in [4.78, 5) is 14.0. The Hall–Kier alpha value is -1.20. The van der Waals surface area contributed by atoms with E-state index in [2.05, 4.69) is 33.2 Å². The van der Waals surface area contributed by atoms with Gasteiger partial charge in [0.05, 0.1) is 5.39 Å². The van der Waals surface area contributed by atoms with E-state index in [1.54, 1.807) is 17.7 Å². The molecule has 2 aliphatic rings. The van der Waals surface area contributed by atoms with Gasteiger partial charge in [0.25, 0.3) is 0 Å². The minimum Gasteiger partial charge on any atom is -0.352 e. The molecule has 0 radical (unpaired) electrons. The molecule has 4 rings (SSSR count). The summed E-state index contributed by atoms with van der Waals surface area (Å²) in [6.07, 6.45) is 8.32. The number of anilines is 1. The molecule has 2 fully saturated rings. The largest absolute Gasteiger partial charge is 0.352 e. The van der Waals surface area contributed by atoms with E-state index in [1.165, 1.54) is 42.4 Å². The number of hydrogen-bond donors (Lipinski definition) is 1. The van der Waals surface area contributed by atoms with Crippen LogP contribution in [0.4, 0.5) is 5.82 Å². The van der Waals surface area contributed by atoms with Crippen molar-refractivity contribution in [2.24, 2.45) is 0 Å². The molecule has 2 aromatic heterocycles. The second-order valence-corrected chi connectivity index (χ2v) is 7.53. The van der Waals surface area contributed by atoms with Crippen molar-refractivity contribution in [2.75, 3.05) is 18.0 Å². The van der Waals surface area contributed by atoms with Gasteiger partial charge in [-0.15, -0.1) is 11.3 Å². The Labute approximate surface area is 129 Å². The lowest BCUT2D eigenvalue weighted by atomic mass is 10.0. The lowest BCUT2D eigenvalue weighted by Crippen LogP contribution is -2.46. The van der Waals surface area contributed by atoms with Crippen molar-refractivity contribution in [1.29, 1.82) is 0 Å². The maximum absolute atomic E-state index is 4.63. The Bertz CT molecular complexity index is 634. The first-order chi connectivity index (χ1) is 10.3. The molecule has 112 valence electrons. The fraction of sp³-hybridized carbons (Fsp3) is 0.625. The molecular weight excluding hydrogens is 280 g/mol. The highest BCUT2D eigenvalue weighted by Gasteiger charge is 2.28. The first kappa shape index (κ1) is 13.5. The predicted octanol–water partition coefficient (Wildman–Crippen LogP) is 3.11. The SMILES string of the molecule is Cc1cc2c(N3CCCCC3CNC3CC3)ncnc2s1. The molecule has 21 heavy (non-hydrogen) atoms. The Morgan fingerprint density at radius 1 is 1.29 bits per heavy atom. The second kappa shape index (κ2) is 5.54. The molecule has 0 amide bonds. The maximum Gasteiger partial charge on any atom is 0.141 e. The van der Waals surface area contributed by atoms with Crippen molar-refractivity contribution in [3.63, 3.8) is 0 Å². The van der Waals surface area contributed by atoms with Crippen molar-refractivity contribution in [3.05, 3.63) is 17.3 Å². The lowest BCUT2D eigenvalue weighted by molar-refractivity contribution is 0.432. The molecule has 1 N–H and O–H groups in total. The minimum absolute atomic E-state index is 0.581. The molecule has 1 saturated heterocycles. The smallest absolute Gasteiger partial charge is 0.141 e. The van der Waals surface area contributed by atoms with Gasteiger partial charge in [-0.05, 0) is 45.1 Å². The number of hydrogen-bond acceptors (Lipinski definition) is 5. The number of aryl methyl sites for hydroxylation is 1. The molecule has 4 nitrogen and oxygen atoms in total. The summed E-state index contributed by atoms with van der Waals surface area (Å²) in [7, 11) is 0. The van der Waals surface area contributed by atoms with E-state index in [9.17, 15) is 0 Å². The molecule has 5 heteroatoms. The third-order valence-electron chi connectivity index (χ3n) is 4.55. The van der Waals surface area contributed by atoms with Gasteiger partial charge in [-0.25, -0.2) is 9.97 Å². The Kier molecular flexibility index (Phi) is 3.55. The monoisotopic (exact) mass is 302 g/mol. The summed E-state index contributed by atoms with van der Waals surface area (Å²) in [6, 6.07) is 3.61. The highest BCUT2D eigenvalue weighted by atomic mass is 32.1. The molecule has 3 heterocycles. The van der Waals surface area contributed by atoms with Crippen LogP contribution < -0.4 is 10.2 Å². The average molecular weight is 302 g/mol. The molecule has 1 atom stereocenters. The minimum atomic E-state index is 0.581. The molecule has 0 aromatic carbocycles. The number of rotatable bonds is 4. The number of nitrogens with zero attached hydrogens (tertiary/aromatic N) is 3. The number of piperidine rings is 1. The second-order valence-electron chi connectivity index (χ2n) is 6.30. The van der Waals surface area contributed by atoms with Crippen LogP contribution in [0.25, 0.3) is 10.2 Å². The molecule has 1 aliphatic carbocycles. The molecule has 0 spiro atoms. The molecule has 1 saturated carbocycles.